The van der Waals surface area contributed by atoms with E-state index in [-0.39, 0.29) is 6.04 Å². The second kappa shape index (κ2) is 7.46. The fourth-order valence-corrected chi connectivity index (χ4v) is 2.65. The van der Waals surface area contributed by atoms with Crippen molar-refractivity contribution in [1.82, 2.24) is 0 Å². The van der Waals surface area contributed by atoms with E-state index >= 15 is 0 Å². The van der Waals surface area contributed by atoms with Gasteiger partial charge < -0.3 is 11.5 Å². The molecule has 2 unspecified atom stereocenters. The molecule has 2 atom stereocenters. The van der Waals surface area contributed by atoms with Gasteiger partial charge in [-0.1, -0.05) is 57.0 Å². The van der Waals surface area contributed by atoms with Gasteiger partial charge in [0.05, 0.1) is 0 Å². The summed E-state index contributed by atoms with van der Waals surface area (Å²) in [6, 6.07) is 10.6. The largest absolute Gasteiger partial charge is 0.330 e. The summed E-state index contributed by atoms with van der Waals surface area (Å²) in [5.74, 6) is 1.09. The first-order chi connectivity index (χ1) is 8.22. The highest BCUT2D eigenvalue weighted by Crippen LogP contribution is 2.22. The van der Waals surface area contributed by atoms with Crippen LogP contribution >= 0.6 is 0 Å². The highest BCUT2D eigenvalue weighted by atomic mass is 14.7. The Morgan fingerprint density at radius 2 is 1.65 bits per heavy atom. The van der Waals surface area contributed by atoms with Gasteiger partial charge in [0, 0.05) is 6.04 Å². The molecule has 0 aliphatic heterocycles. The molecule has 96 valence electrons. The molecule has 0 aliphatic rings. The molecule has 2 heteroatoms. The maximum atomic E-state index is 6.33. The van der Waals surface area contributed by atoms with Gasteiger partial charge in [-0.05, 0) is 30.4 Å². The molecular formula is C15H26N2. The van der Waals surface area contributed by atoms with Crippen LogP contribution in [0.5, 0.6) is 0 Å². The number of hydrogen-bond acceptors (Lipinski definition) is 2. The smallest absolute Gasteiger partial charge is 0.0122 e. The molecule has 0 amide bonds. The Bertz CT molecular complexity index is 293. The predicted molar refractivity (Wildman–Crippen MR) is 74.7 cm³/mol. The zero-order valence-corrected chi connectivity index (χ0v) is 11.1. The summed E-state index contributed by atoms with van der Waals surface area (Å²) in [5, 5.41) is 0. The quantitative estimate of drug-likeness (QED) is 0.762. The summed E-state index contributed by atoms with van der Waals surface area (Å²) in [6.45, 7) is 5.15. The van der Waals surface area contributed by atoms with E-state index in [1.165, 1.54) is 18.4 Å². The van der Waals surface area contributed by atoms with Crippen LogP contribution in [-0.2, 0) is 6.42 Å². The second-order valence-electron chi connectivity index (χ2n) is 4.83. The van der Waals surface area contributed by atoms with Gasteiger partial charge in [0.2, 0.25) is 0 Å². The van der Waals surface area contributed by atoms with Crippen LogP contribution in [0.2, 0.25) is 0 Å². The average molecular weight is 234 g/mol. The maximum absolute atomic E-state index is 6.33. The highest BCUT2D eigenvalue weighted by Gasteiger charge is 2.23. The molecule has 0 fully saturated rings. The normalized spacial score (nSPS) is 14.9. The van der Waals surface area contributed by atoms with E-state index in [0.29, 0.717) is 18.4 Å². The van der Waals surface area contributed by atoms with Crippen LogP contribution in [0.1, 0.15) is 32.3 Å². The zero-order chi connectivity index (χ0) is 12.7. The topological polar surface area (TPSA) is 52.0 Å². The zero-order valence-electron chi connectivity index (χ0n) is 11.1. The first kappa shape index (κ1) is 14.2. The van der Waals surface area contributed by atoms with Gasteiger partial charge >= 0.3 is 0 Å². The van der Waals surface area contributed by atoms with Crippen molar-refractivity contribution in [2.75, 3.05) is 6.54 Å². The molecule has 1 aromatic carbocycles. The van der Waals surface area contributed by atoms with Crippen LogP contribution in [0.25, 0.3) is 0 Å². The lowest BCUT2D eigenvalue weighted by Crippen LogP contribution is -2.41. The Morgan fingerprint density at radius 1 is 1.06 bits per heavy atom. The van der Waals surface area contributed by atoms with E-state index in [9.17, 15) is 0 Å². The minimum atomic E-state index is 0.173. The molecule has 1 aromatic rings. The Balaban J connectivity index is 2.63. The first-order valence-electron chi connectivity index (χ1n) is 6.72. The van der Waals surface area contributed by atoms with E-state index in [2.05, 4.69) is 38.1 Å². The van der Waals surface area contributed by atoms with Gasteiger partial charge in [0.25, 0.3) is 0 Å². The maximum Gasteiger partial charge on any atom is 0.0122 e. The van der Waals surface area contributed by atoms with Gasteiger partial charge in [0.1, 0.15) is 0 Å². The Kier molecular flexibility index (Phi) is 6.23. The van der Waals surface area contributed by atoms with Crippen LogP contribution in [0, 0.1) is 11.8 Å². The molecule has 0 aromatic heterocycles. The van der Waals surface area contributed by atoms with Crippen LogP contribution in [-0.4, -0.2) is 12.6 Å². The van der Waals surface area contributed by atoms with Crippen molar-refractivity contribution in [1.29, 1.82) is 0 Å². The Labute approximate surface area is 105 Å². The molecule has 1 rings (SSSR count). The monoisotopic (exact) mass is 234 g/mol. The molecule has 4 N–H and O–H groups in total. The van der Waals surface area contributed by atoms with Crippen molar-refractivity contribution < 1.29 is 0 Å². The van der Waals surface area contributed by atoms with Gasteiger partial charge in [0.15, 0.2) is 0 Å². The van der Waals surface area contributed by atoms with Gasteiger partial charge in [-0.25, -0.2) is 0 Å². The van der Waals surface area contributed by atoms with Crippen molar-refractivity contribution in [3.63, 3.8) is 0 Å². The van der Waals surface area contributed by atoms with Gasteiger partial charge in [-0.2, -0.15) is 0 Å². The number of benzene rings is 1. The van der Waals surface area contributed by atoms with Crippen LogP contribution in [0.3, 0.4) is 0 Å². The molecule has 0 saturated heterocycles. The number of nitrogens with two attached hydrogens (primary N) is 2. The molecule has 17 heavy (non-hydrogen) atoms. The summed E-state index contributed by atoms with van der Waals surface area (Å²) in [4.78, 5) is 0. The fraction of sp³-hybridized carbons (Fsp3) is 0.600. The Hall–Kier alpha value is -0.860. The molecule has 0 spiro atoms. The summed E-state index contributed by atoms with van der Waals surface area (Å²) in [7, 11) is 0. The lowest BCUT2D eigenvalue weighted by atomic mass is 9.81. The molecular weight excluding hydrogens is 208 g/mol. The molecule has 0 radical (unpaired) electrons. The van der Waals surface area contributed by atoms with E-state index in [1.807, 2.05) is 6.07 Å². The molecule has 0 saturated carbocycles. The summed E-state index contributed by atoms with van der Waals surface area (Å²) in [5.41, 5.74) is 13.5. The van der Waals surface area contributed by atoms with Crippen molar-refractivity contribution in [2.45, 2.75) is 39.2 Å². The number of rotatable bonds is 7. The SMILES string of the molecule is CCC(CC)C(CN)C(N)Cc1ccccc1. The van der Waals surface area contributed by atoms with Crippen molar-refractivity contribution >= 4 is 0 Å². The second-order valence-corrected chi connectivity index (χ2v) is 4.83. The average Bonchev–Trinajstić information content (AvgIpc) is 2.36. The summed E-state index contributed by atoms with van der Waals surface area (Å²) in [6.07, 6.45) is 3.26. The molecule has 0 bridgehead atoms. The van der Waals surface area contributed by atoms with Gasteiger partial charge in [-0.15, -0.1) is 0 Å². The number of hydrogen-bond donors (Lipinski definition) is 2. The van der Waals surface area contributed by atoms with E-state index < -0.39 is 0 Å². The third-order valence-corrected chi connectivity index (χ3v) is 3.79. The molecule has 2 nitrogen and oxygen atoms in total. The summed E-state index contributed by atoms with van der Waals surface area (Å²) >= 11 is 0. The Morgan fingerprint density at radius 3 is 2.12 bits per heavy atom. The van der Waals surface area contributed by atoms with Crippen LogP contribution in [0.15, 0.2) is 30.3 Å². The van der Waals surface area contributed by atoms with Crippen LogP contribution < -0.4 is 11.5 Å². The third-order valence-electron chi connectivity index (χ3n) is 3.79. The highest BCUT2D eigenvalue weighted by molar-refractivity contribution is 5.16. The lowest BCUT2D eigenvalue weighted by Gasteiger charge is -2.29. The van der Waals surface area contributed by atoms with E-state index in [0.717, 1.165) is 6.42 Å². The van der Waals surface area contributed by atoms with Crippen molar-refractivity contribution in [3.8, 4) is 0 Å². The predicted octanol–water partition coefficient (Wildman–Crippen LogP) is 2.57. The van der Waals surface area contributed by atoms with E-state index in [4.69, 9.17) is 11.5 Å². The minimum absolute atomic E-state index is 0.173. The fourth-order valence-electron chi connectivity index (χ4n) is 2.65. The van der Waals surface area contributed by atoms with Gasteiger partial charge in [-0.3, -0.25) is 0 Å². The van der Waals surface area contributed by atoms with Crippen LogP contribution in [0.4, 0.5) is 0 Å². The minimum Gasteiger partial charge on any atom is -0.330 e. The van der Waals surface area contributed by atoms with E-state index in [1.54, 1.807) is 0 Å². The first-order valence-corrected chi connectivity index (χ1v) is 6.72. The van der Waals surface area contributed by atoms with Crippen molar-refractivity contribution in [3.05, 3.63) is 35.9 Å². The third kappa shape index (κ3) is 4.14. The molecule has 0 heterocycles. The standard InChI is InChI=1S/C15H26N2/c1-3-13(4-2)14(11-16)15(17)10-12-8-6-5-7-9-12/h5-9,13-15H,3-4,10-11,16-17H2,1-2H3. The lowest BCUT2D eigenvalue weighted by molar-refractivity contribution is 0.270. The molecule has 0 aliphatic carbocycles. The summed E-state index contributed by atoms with van der Waals surface area (Å²) < 4.78 is 0. The van der Waals surface area contributed by atoms with Crippen molar-refractivity contribution in [2.24, 2.45) is 23.3 Å².